The second kappa shape index (κ2) is 5.27. The number of ether oxygens (including phenoxy) is 1. The minimum Gasteiger partial charge on any atom is -0.479 e. The number of aliphatic carboxylic acids is 1. The number of carbonyl (C=O) groups excluding carboxylic acids is 1. The average molecular weight is 230 g/mol. The molecule has 0 bridgehead atoms. The average Bonchev–Trinajstić information content (AvgIpc) is 2.27. The first-order chi connectivity index (χ1) is 7.43. The molecule has 1 fully saturated rings. The number of carbonyl (C=O) groups is 2. The summed E-state index contributed by atoms with van der Waals surface area (Å²) in [4.78, 5) is 24.1. The van der Waals surface area contributed by atoms with Gasteiger partial charge >= 0.3 is 5.97 Å². The zero-order valence-corrected chi connectivity index (χ0v) is 9.55. The second-order valence-electron chi connectivity index (χ2n) is 4.25. The van der Waals surface area contributed by atoms with Crippen molar-refractivity contribution in [3.8, 4) is 0 Å². The van der Waals surface area contributed by atoms with E-state index in [9.17, 15) is 9.59 Å². The van der Waals surface area contributed by atoms with Gasteiger partial charge in [-0.2, -0.15) is 0 Å². The fourth-order valence-electron chi connectivity index (χ4n) is 1.49. The van der Waals surface area contributed by atoms with Crippen LogP contribution in [0.3, 0.4) is 0 Å². The molecule has 92 valence electrons. The van der Waals surface area contributed by atoms with Gasteiger partial charge in [0.25, 0.3) is 0 Å². The van der Waals surface area contributed by atoms with E-state index < -0.39 is 18.1 Å². The van der Waals surface area contributed by atoms with Gasteiger partial charge in [-0.15, -0.1) is 0 Å². The maximum absolute atomic E-state index is 11.9. The van der Waals surface area contributed by atoms with Crippen molar-refractivity contribution in [1.29, 1.82) is 0 Å². The summed E-state index contributed by atoms with van der Waals surface area (Å²) >= 11 is 0. The summed E-state index contributed by atoms with van der Waals surface area (Å²) in [5.41, 5.74) is 5.73. The van der Waals surface area contributed by atoms with Crippen molar-refractivity contribution in [2.45, 2.75) is 26.0 Å². The predicted octanol–water partition coefficient (Wildman–Crippen LogP) is -0.718. The Morgan fingerprint density at radius 2 is 2.12 bits per heavy atom. The van der Waals surface area contributed by atoms with Gasteiger partial charge in [-0.1, -0.05) is 13.8 Å². The Hall–Kier alpha value is -1.14. The summed E-state index contributed by atoms with van der Waals surface area (Å²) < 4.78 is 5.03. The molecule has 1 unspecified atom stereocenters. The van der Waals surface area contributed by atoms with Crippen LogP contribution < -0.4 is 5.73 Å². The van der Waals surface area contributed by atoms with Crippen molar-refractivity contribution in [3.05, 3.63) is 0 Å². The lowest BCUT2D eigenvalue weighted by atomic mass is 10.0. The van der Waals surface area contributed by atoms with Crippen LogP contribution in [-0.4, -0.2) is 53.7 Å². The summed E-state index contributed by atoms with van der Waals surface area (Å²) in [6.07, 6.45) is -0.933. The highest BCUT2D eigenvalue weighted by Gasteiger charge is 2.31. The van der Waals surface area contributed by atoms with Crippen LogP contribution in [0.2, 0.25) is 0 Å². The highest BCUT2D eigenvalue weighted by atomic mass is 16.5. The minimum atomic E-state index is -1.05. The Morgan fingerprint density at radius 3 is 2.62 bits per heavy atom. The lowest BCUT2D eigenvalue weighted by Gasteiger charge is -2.33. The van der Waals surface area contributed by atoms with Crippen molar-refractivity contribution in [1.82, 2.24) is 4.90 Å². The summed E-state index contributed by atoms with van der Waals surface area (Å²) in [6, 6.07) is -0.576. The van der Waals surface area contributed by atoms with Gasteiger partial charge in [-0.3, -0.25) is 4.79 Å². The summed E-state index contributed by atoms with van der Waals surface area (Å²) in [5.74, 6) is -1.21. The number of nitrogens with two attached hydrogens (primary N) is 1. The molecule has 3 N–H and O–H groups in total. The molecule has 1 rings (SSSR count). The van der Waals surface area contributed by atoms with Crippen molar-refractivity contribution in [2.75, 3.05) is 19.7 Å². The predicted molar refractivity (Wildman–Crippen MR) is 56.8 cm³/mol. The molecule has 6 nitrogen and oxygen atoms in total. The maximum Gasteiger partial charge on any atom is 0.334 e. The lowest BCUT2D eigenvalue weighted by Crippen LogP contribution is -2.54. The molecule has 1 heterocycles. The third-order valence-electron chi connectivity index (χ3n) is 2.66. The van der Waals surface area contributed by atoms with Crippen LogP contribution >= 0.6 is 0 Å². The number of hydrogen-bond acceptors (Lipinski definition) is 4. The molecule has 2 atom stereocenters. The molecule has 16 heavy (non-hydrogen) atoms. The monoisotopic (exact) mass is 230 g/mol. The molecule has 0 radical (unpaired) electrons. The van der Waals surface area contributed by atoms with Crippen LogP contribution in [0.4, 0.5) is 0 Å². The molecule has 0 aliphatic carbocycles. The number of amides is 1. The summed E-state index contributed by atoms with van der Waals surface area (Å²) in [5, 5.41) is 8.79. The molecule has 6 heteroatoms. The van der Waals surface area contributed by atoms with Gasteiger partial charge in [0, 0.05) is 6.54 Å². The molecule has 0 aromatic rings. The van der Waals surface area contributed by atoms with E-state index in [1.54, 1.807) is 0 Å². The standard InChI is InChI=1S/C10H18N2O4/c1-6(2)8(11)9(13)12-3-4-16-7(5-12)10(14)15/h6-8H,3-5,11H2,1-2H3,(H,14,15)/t7?,8-/m1/s1. The van der Waals surface area contributed by atoms with Gasteiger partial charge in [0.15, 0.2) is 6.10 Å². The third-order valence-corrected chi connectivity index (χ3v) is 2.66. The fraction of sp³-hybridized carbons (Fsp3) is 0.800. The van der Waals surface area contributed by atoms with Gasteiger partial charge in [0.2, 0.25) is 5.91 Å². The van der Waals surface area contributed by atoms with Crippen LogP contribution in [0, 0.1) is 5.92 Å². The molecule has 1 amide bonds. The van der Waals surface area contributed by atoms with Crippen LogP contribution in [0.1, 0.15) is 13.8 Å². The second-order valence-corrected chi connectivity index (χ2v) is 4.25. The number of carboxylic acids is 1. The maximum atomic E-state index is 11.9. The fourth-order valence-corrected chi connectivity index (χ4v) is 1.49. The Bertz CT molecular complexity index is 280. The molecule has 0 spiro atoms. The quantitative estimate of drug-likeness (QED) is 0.667. The van der Waals surface area contributed by atoms with E-state index in [0.29, 0.717) is 6.54 Å². The van der Waals surface area contributed by atoms with E-state index in [2.05, 4.69) is 0 Å². The number of rotatable bonds is 3. The molecule has 1 saturated heterocycles. The number of nitrogens with zero attached hydrogens (tertiary/aromatic N) is 1. The van der Waals surface area contributed by atoms with E-state index in [1.165, 1.54) is 4.90 Å². The third kappa shape index (κ3) is 2.93. The van der Waals surface area contributed by atoms with Crippen molar-refractivity contribution in [2.24, 2.45) is 11.7 Å². The SMILES string of the molecule is CC(C)[C@@H](N)C(=O)N1CCOC(C(=O)O)C1. The molecule has 1 aliphatic heterocycles. The van der Waals surface area contributed by atoms with Gasteiger partial charge in [0.05, 0.1) is 19.2 Å². The van der Waals surface area contributed by atoms with Crippen LogP contribution in [-0.2, 0) is 14.3 Å². The van der Waals surface area contributed by atoms with Gasteiger partial charge in [-0.25, -0.2) is 4.79 Å². The highest BCUT2D eigenvalue weighted by molar-refractivity contribution is 5.83. The first-order valence-electron chi connectivity index (χ1n) is 5.32. The Labute approximate surface area is 94.3 Å². The number of hydrogen-bond donors (Lipinski definition) is 2. The van der Waals surface area contributed by atoms with E-state index in [0.717, 1.165) is 0 Å². The Kier molecular flexibility index (Phi) is 4.26. The topological polar surface area (TPSA) is 92.9 Å². The van der Waals surface area contributed by atoms with Gasteiger partial charge in [-0.05, 0) is 5.92 Å². The first-order valence-corrected chi connectivity index (χ1v) is 5.32. The van der Waals surface area contributed by atoms with Crippen molar-refractivity contribution < 1.29 is 19.4 Å². The summed E-state index contributed by atoms with van der Waals surface area (Å²) in [7, 11) is 0. The Morgan fingerprint density at radius 1 is 1.50 bits per heavy atom. The zero-order chi connectivity index (χ0) is 12.3. The van der Waals surface area contributed by atoms with E-state index >= 15 is 0 Å². The molecular formula is C10H18N2O4. The zero-order valence-electron chi connectivity index (χ0n) is 9.55. The molecule has 0 aromatic heterocycles. The lowest BCUT2D eigenvalue weighted by molar-refractivity contribution is -0.160. The van der Waals surface area contributed by atoms with Crippen LogP contribution in [0.5, 0.6) is 0 Å². The minimum absolute atomic E-state index is 0.0404. The largest absolute Gasteiger partial charge is 0.479 e. The number of carboxylic acid groups (broad SMARTS) is 1. The first kappa shape index (κ1) is 12.9. The normalized spacial score (nSPS) is 23.2. The van der Waals surface area contributed by atoms with Crippen molar-refractivity contribution >= 4 is 11.9 Å². The van der Waals surface area contributed by atoms with Crippen LogP contribution in [0.15, 0.2) is 0 Å². The van der Waals surface area contributed by atoms with Crippen LogP contribution in [0.25, 0.3) is 0 Å². The van der Waals surface area contributed by atoms with E-state index in [4.69, 9.17) is 15.6 Å². The molecule has 1 aliphatic rings. The molecule has 0 saturated carbocycles. The number of morpholine rings is 1. The molecule has 0 aromatic carbocycles. The summed E-state index contributed by atoms with van der Waals surface area (Å²) in [6.45, 7) is 4.44. The smallest absolute Gasteiger partial charge is 0.334 e. The van der Waals surface area contributed by atoms with E-state index in [1.807, 2.05) is 13.8 Å². The molecular weight excluding hydrogens is 212 g/mol. The Balaban J connectivity index is 2.60. The van der Waals surface area contributed by atoms with E-state index in [-0.39, 0.29) is 25.0 Å². The van der Waals surface area contributed by atoms with Gasteiger partial charge < -0.3 is 20.5 Å². The van der Waals surface area contributed by atoms with Crippen molar-refractivity contribution in [3.63, 3.8) is 0 Å². The van der Waals surface area contributed by atoms with Gasteiger partial charge in [0.1, 0.15) is 0 Å². The highest BCUT2D eigenvalue weighted by Crippen LogP contribution is 2.09.